The molecule has 3 rings (SSSR count). The first-order valence-electron chi connectivity index (χ1n) is 8.83. The zero-order chi connectivity index (χ0) is 19.8. The van der Waals surface area contributed by atoms with Crippen LogP contribution in [-0.2, 0) is 14.1 Å². The number of thioether (sulfide) groups is 1. The van der Waals surface area contributed by atoms with Gasteiger partial charge in [0.25, 0.3) is 0 Å². The van der Waals surface area contributed by atoms with Gasteiger partial charge >= 0.3 is 7.12 Å². The van der Waals surface area contributed by atoms with E-state index < -0.39 is 18.3 Å². The van der Waals surface area contributed by atoms with Crippen molar-refractivity contribution in [3.63, 3.8) is 0 Å². The summed E-state index contributed by atoms with van der Waals surface area (Å²) in [7, 11) is -0.485. The smallest absolute Gasteiger partial charge is 0.400 e. The zero-order valence-corrected chi connectivity index (χ0v) is 17.8. The Bertz CT molecular complexity index is 897. The van der Waals surface area contributed by atoms with Crippen LogP contribution in [0.2, 0.25) is 5.15 Å². The second-order valence-corrected chi connectivity index (χ2v) is 9.21. The van der Waals surface area contributed by atoms with E-state index in [-0.39, 0.29) is 5.12 Å². The van der Waals surface area contributed by atoms with Gasteiger partial charge in [-0.15, -0.1) is 0 Å². The van der Waals surface area contributed by atoms with Crippen molar-refractivity contribution in [2.24, 2.45) is 0 Å². The van der Waals surface area contributed by atoms with Crippen LogP contribution >= 0.6 is 23.4 Å². The van der Waals surface area contributed by atoms with E-state index >= 15 is 0 Å². The molecular weight excluding hydrogens is 381 g/mol. The summed E-state index contributed by atoms with van der Waals surface area (Å²) in [5.74, 6) is 0.517. The van der Waals surface area contributed by atoms with Crippen LogP contribution in [0, 0.1) is 0 Å². The minimum Gasteiger partial charge on any atom is -0.400 e. The van der Waals surface area contributed by atoms with Crippen molar-refractivity contribution in [2.75, 3.05) is 5.75 Å². The number of hydrogen-bond donors (Lipinski definition) is 0. The van der Waals surface area contributed by atoms with Gasteiger partial charge in [0.05, 0.1) is 16.7 Å². The van der Waals surface area contributed by atoms with Crippen molar-refractivity contribution in [3.8, 4) is 0 Å². The molecule has 1 aromatic heterocycles. The molecule has 0 aliphatic carbocycles. The van der Waals surface area contributed by atoms with Gasteiger partial charge in [0.15, 0.2) is 5.12 Å². The molecule has 0 N–H and O–H groups in total. The minimum atomic E-state index is -0.485. The van der Waals surface area contributed by atoms with E-state index in [1.807, 2.05) is 58.0 Å². The monoisotopic (exact) mass is 403 g/mol. The fourth-order valence-corrected chi connectivity index (χ4v) is 3.52. The third-order valence-electron chi connectivity index (χ3n) is 5.03. The van der Waals surface area contributed by atoms with Crippen molar-refractivity contribution in [3.05, 3.63) is 46.5 Å². The highest BCUT2D eigenvalue weighted by molar-refractivity contribution is 8.13. The lowest BCUT2D eigenvalue weighted by Crippen LogP contribution is -2.41. The van der Waals surface area contributed by atoms with Gasteiger partial charge in [-0.05, 0) is 63.0 Å². The van der Waals surface area contributed by atoms with Gasteiger partial charge in [-0.2, -0.15) is 0 Å². The fourth-order valence-electron chi connectivity index (χ4n) is 2.78. The number of benzene rings is 1. The lowest BCUT2D eigenvalue weighted by molar-refractivity contribution is -0.109. The van der Waals surface area contributed by atoms with E-state index in [0.717, 1.165) is 21.9 Å². The third kappa shape index (κ3) is 4.57. The molecular formula is C20H23BClNO3S. The van der Waals surface area contributed by atoms with Gasteiger partial charge in [0, 0.05) is 18.1 Å². The van der Waals surface area contributed by atoms with E-state index in [0.29, 0.717) is 10.9 Å². The molecule has 0 bridgehead atoms. The van der Waals surface area contributed by atoms with Crippen LogP contribution in [0.5, 0.6) is 0 Å². The van der Waals surface area contributed by atoms with Crippen LogP contribution in [0.15, 0.2) is 35.8 Å². The number of rotatable bonds is 4. The second-order valence-electron chi connectivity index (χ2n) is 7.67. The van der Waals surface area contributed by atoms with Crippen LogP contribution in [-0.4, -0.2) is 34.2 Å². The number of carbonyl (C=O) groups excluding carboxylic acids is 1. The Morgan fingerprint density at radius 3 is 2.48 bits per heavy atom. The summed E-state index contributed by atoms with van der Waals surface area (Å²) in [6.07, 6.45) is 2.03. The summed E-state index contributed by atoms with van der Waals surface area (Å²) >= 11 is 7.22. The molecule has 27 heavy (non-hydrogen) atoms. The van der Waals surface area contributed by atoms with Crippen LogP contribution < -0.4 is 0 Å². The van der Waals surface area contributed by atoms with Crippen LogP contribution in [0.25, 0.3) is 17.0 Å². The number of fused-ring (bicyclic) bond motifs is 1. The summed E-state index contributed by atoms with van der Waals surface area (Å²) < 4.78 is 12.4. The van der Waals surface area contributed by atoms with E-state index in [2.05, 4.69) is 4.98 Å². The third-order valence-corrected chi connectivity index (χ3v) is 6.12. The van der Waals surface area contributed by atoms with E-state index in [1.165, 1.54) is 11.8 Å². The number of aromatic nitrogens is 1. The van der Waals surface area contributed by atoms with Gasteiger partial charge < -0.3 is 9.31 Å². The first-order chi connectivity index (χ1) is 12.6. The first kappa shape index (κ1) is 20.4. The second kappa shape index (κ2) is 7.59. The quantitative estimate of drug-likeness (QED) is 0.520. The summed E-state index contributed by atoms with van der Waals surface area (Å²) in [6, 6.07) is 9.68. The van der Waals surface area contributed by atoms with Crippen LogP contribution in [0.1, 0.15) is 40.2 Å². The van der Waals surface area contributed by atoms with Crippen molar-refractivity contribution in [1.29, 1.82) is 0 Å². The SMILES string of the molecule is CC(=O)SCC(=Cc1ccc2nc(Cl)ccc2c1)B1OC(C)(C)C(C)(C)O1. The molecule has 0 unspecified atom stereocenters. The van der Waals surface area contributed by atoms with Gasteiger partial charge in [-0.25, -0.2) is 4.98 Å². The van der Waals surface area contributed by atoms with Crippen molar-refractivity contribution in [1.82, 2.24) is 4.98 Å². The predicted octanol–water partition coefficient (Wildman–Crippen LogP) is 5.18. The Morgan fingerprint density at radius 2 is 1.85 bits per heavy atom. The number of halogens is 1. The Morgan fingerprint density at radius 1 is 1.19 bits per heavy atom. The highest BCUT2D eigenvalue weighted by Gasteiger charge is 2.52. The maximum Gasteiger partial charge on any atom is 0.491 e. The standard InChI is InChI=1S/C20H23BClNO3S/c1-13(24)27-12-16(21-25-19(2,3)20(4,5)26-21)11-14-6-8-17-15(10-14)7-9-18(22)23-17/h6-11H,12H2,1-5H3. The van der Waals surface area contributed by atoms with Gasteiger partial charge in [0.1, 0.15) is 5.15 Å². The highest BCUT2D eigenvalue weighted by atomic mass is 35.5. The molecule has 0 atom stereocenters. The number of nitrogens with zero attached hydrogens (tertiary/aromatic N) is 1. The molecule has 2 aromatic rings. The average Bonchev–Trinajstić information content (AvgIpc) is 2.79. The average molecular weight is 404 g/mol. The molecule has 0 amide bonds. The fraction of sp³-hybridized carbons (Fsp3) is 0.400. The molecule has 1 aliphatic heterocycles. The molecule has 1 aliphatic rings. The number of carbonyl (C=O) groups is 1. The number of pyridine rings is 1. The molecule has 0 saturated carbocycles. The summed E-state index contributed by atoms with van der Waals surface area (Å²) in [6.45, 7) is 9.66. The highest BCUT2D eigenvalue weighted by Crippen LogP contribution is 2.39. The normalized spacial score (nSPS) is 18.9. The zero-order valence-electron chi connectivity index (χ0n) is 16.2. The lowest BCUT2D eigenvalue weighted by atomic mass is 9.78. The Balaban J connectivity index is 1.95. The van der Waals surface area contributed by atoms with Crippen LogP contribution in [0.4, 0.5) is 0 Å². The van der Waals surface area contributed by atoms with E-state index in [9.17, 15) is 4.79 Å². The summed E-state index contributed by atoms with van der Waals surface area (Å²) in [5, 5.41) is 1.54. The van der Waals surface area contributed by atoms with Gasteiger partial charge in [0.2, 0.25) is 0 Å². The van der Waals surface area contributed by atoms with E-state index in [4.69, 9.17) is 20.9 Å². The van der Waals surface area contributed by atoms with E-state index in [1.54, 1.807) is 13.0 Å². The molecule has 1 saturated heterocycles. The Labute approximate surface area is 169 Å². The maximum absolute atomic E-state index is 11.5. The Hall–Kier alpha value is -1.34. The molecule has 142 valence electrons. The van der Waals surface area contributed by atoms with Gasteiger partial charge in [-0.1, -0.05) is 35.5 Å². The lowest BCUT2D eigenvalue weighted by Gasteiger charge is -2.32. The van der Waals surface area contributed by atoms with Gasteiger partial charge in [-0.3, -0.25) is 4.79 Å². The minimum absolute atomic E-state index is 0.0646. The molecule has 4 nitrogen and oxygen atoms in total. The summed E-state index contributed by atoms with van der Waals surface area (Å²) in [5.41, 5.74) is 1.91. The van der Waals surface area contributed by atoms with Crippen LogP contribution in [0.3, 0.4) is 0 Å². The predicted molar refractivity (Wildman–Crippen MR) is 114 cm³/mol. The number of hydrogen-bond acceptors (Lipinski definition) is 5. The largest absolute Gasteiger partial charge is 0.491 e. The maximum atomic E-state index is 11.5. The van der Waals surface area contributed by atoms with Crippen molar-refractivity contribution < 1.29 is 14.1 Å². The topological polar surface area (TPSA) is 48.4 Å². The molecule has 1 aromatic carbocycles. The molecule has 7 heteroatoms. The first-order valence-corrected chi connectivity index (χ1v) is 10.2. The van der Waals surface area contributed by atoms with Crippen molar-refractivity contribution in [2.45, 2.75) is 45.8 Å². The van der Waals surface area contributed by atoms with Crippen molar-refractivity contribution >= 4 is 52.6 Å². The molecule has 2 heterocycles. The molecule has 0 spiro atoms. The summed E-state index contributed by atoms with van der Waals surface area (Å²) in [4.78, 5) is 15.8. The molecule has 0 radical (unpaired) electrons. The molecule has 1 fully saturated rings. The Kier molecular flexibility index (Phi) is 5.73.